The second-order valence-electron chi connectivity index (χ2n) is 9.35. The molecule has 0 spiro atoms. The molecule has 30 heavy (non-hydrogen) atoms. The molecule has 5 rings (SSSR count). The Labute approximate surface area is 177 Å². The number of aryl methyl sites for hydroxylation is 1. The van der Waals surface area contributed by atoms with E-state index in [4.69, 9.17) is 14.2 Å². The Bertz CT molecular complexity index is 903. The summed E-state index contributed by atoms with van der Waals surface area (Å²) in [5.74, 6) is 2.60. The average Bonchev–Trinajstić information content (AvgIpc) is 3.44. The first kappa shape index (κ1) is 19.7. The molecule has 1 saturated carbocycles. The summed E-state index contributed by atoms with van der Waals surface area (Å²) < 4.78 is 11.2. The third kappa shape index (κ3) is 4.00. The molecule has 2 aromatic rings. The number of aromatic nitrogens is 3. The smallest absolute Gasteiger partial charge is 0.255 e. The first-order chi connectivity index (χ1) is 14.6. The molecule has 7 nitrogen and oxygen atoms in total. The molecule has 0 N–H and O–H groups in total. The average molecular weight is 411 g/mol. The minimum absolute atomic E-state index is 0.0548. The van der Waals surface area contributed by atoms with E-state index in [0.29, 0.717) is 18.0 Å². The van der Waals surface area contributed by atoms with Gasteiger partial charge in [0.25, 0.3) is 5.91 Å². The van der Waals surface area contributed by atoms with Gasteiger partial charge in [-0.15, -0.1) is 0 Å². The maximum absolute atomic E-state index is 13.2. The molecule has 1 amide bonds. The summed E-state index contributed by atoms with van der Waals surface area (Å²) in [6.07, 6.45) is 10.8. The van der Waals surface area contributed by atoms with Crippen molar-refractivity contribution in [2.75, 3.05) is 26.3 Å². The number of amides is 1. The van der Waals surface area contributed by atoms with E-state index in [2.05, 4.69) is 10.1 Å². The first-order valence-corrected chi connectivity index (χ1v) is 11.3. The molecule has 1 atom stereocenters. The maximum atomic E-state index is 13.2. The van der Waals surface area contributed by atoms with Crippen molar-refractivity contribution in [1.82, 2.24) is 20.0 Å². The van der Waals surface area contributed by atoms with Crippen LogP contribution in [0.3, 0.4) is 0 Å². The van der Waals surface area contributed by atoms with Crippen LogP contribution in [0.2, 0.25) is 0 Å². The van der Waals surface area contributed by atoms with E-state index < -0.39 is 0 Å². The van der Waals surface area contributed by atoms with Crippen LogP contribution < -0.4 is 0 Å². The van der Waals surface area contributed by atoms with Gasteiger partial charge in [-0.3, -0.25) is 9.78 Å². The van der Waals surface area contributed by atoms with Gasteiger partial charge in [-0.1, -0.05) is 18.0 Å². The number of nitrogens with zero attached hydrogens (tertiary/aromatic N) is 4. The number of ether oxygens (including phenoxy) is 1. The molecule has 0 bridgehead atoms. The topological polar surface area (TPSA) is 81.4 Å². The summed E-state index contributed by atoms with van der Waals surface area (Å²) in [5, 5.41) is 4.47. The molecular weight excluding hydrogens is 380 g/mol. The number of piperidine rings is 1. The van der Waals surface area contributed by atoms with Gasteiger partial charge in [-0.25, -0.2) is 0 Å². The lowest BCUT2D eigenvalue weighted by Crippen LogP contribution is -2.49. The molecule has 4 heterocycles. The lowest BCUT2D eigenvalue weighted by atomic mass is 9.74. The van der Waals surface area contributed by atoms with E-state index in [0.717, 1.165) is 69.1 Å². The summed E-state index contributed by atoms with van der Waals surface area (Å²) >= 11 is 0. The lowest BCUT2D eigenvalue weighted by molar-refractivity contribution is 0.0606. The number of pyridine rings is 1. The second kappa shape index (κ2) is 8.10. The van der Waals surface area contributed by atoms with Crippen LogP contribution >= 0.6 is 0 Å². The highest BCUT2D eigenvalue weighted by Crippen LogP contribution is 2.46. The van der Waals surface area contributed by atoms with Crippen molar-refractivity contribution in [2.24, 2.45) is 5.92 Å². The predicted molar refractivity (Wildman–Crippen MR) is 110 cm³/mol. The van der Waals surface area contributed by atoms with Crippen LogP contribution in [-0.4, -0.2) is 52.2 Å². The predicted octanol–water partition coefficient (Wildman–Crippen LogP) is 3.64. The fraction of sp³-hybridized carbons (Fsp3) is 0.652. The molecule has 3 aliphatic rings. The minimum Gasteiger partial charge on any atom is -0.381 e. The van der Waals surface area contributed by atoms with Gasteiger partial charge >= 0.3 is 0 Å². The van der Waals surface area contributed by atoms with Crippen molar-refractivity contribution in [3.8, 4) is 0 Å². The molecule has 7 heteroatoms. The number of hydrogen-bond donors (Lipinski definition) is 0. The van der Waals surface area contributed by atoms with Gasteiger partial charge in [0.2, 0.25) is 5.89 Å². The van der Waals surface area contributed by atoms with Crippen molar-refractivity contribution in [2.45, 2.75) is 63.2 Å². The van der Waals surface area contributed by atoms with E-state index >= 15 is 0 Å². The highest BCUT2D eigenvalue weighted by Gasteiger charge is 2.46. The number of carbonyl (C=O) groups is 1. The third-order valence-corrected chi connectivity index (χ3v) is 6.85. The normalized spacial score (nSPS) is 25.4. The SMILES string of the molecule is Cc1cncc(C(=O)N2CCCC(CC3CC3)(c3noc(C4CCOCC4)n3)C2)c1. The highest BCUT2D eigenvalue weighted by atomic mass is 16.5. The first-order valence-electron chi connectivity index (χ1n) is 11.3. The molecule has 2 saturated heterocycles. The number of hydrogen-bond acceptors (Lipinski definition) is 6. The van der Waals surface area contributed by atoms with Gasteiger partial charge in [0.1, 0.15) is 0 Å². The standard InChI is InChI=1S/C23H30N4O3/c1-16-11-19(14-24-13-16)21(28)27-8-2-7-23(15-27,12-17-3-4-17)22-25-20(30-26-22)18-5-9-29-10-6-18/h11,13-14,17-18H,2-10,12,15H2,1H3. The van der Waals surface area contributed by atoms with Crippen LogP contribution in [0.25, 0.3) is 0 Å². The largest absolute Gasteiger partial charge is 0.381 e. The molecule has 2 aliphatic heterocycles. The maximum Gasteiger partial charge on any atom is 0.255 e. The van der Waals surface area contributed by atoms with E-state index in [9.17, 15) is 4.79 Å². The van der Waals surface area contributed by atoms with Gasteiger partial charge in [-0.2, -0.15) is 4.98 Å². The van der Waals surface area contributed by atoms with E-state index in [-0.39, 0.29) is 17.2 Å². The quantitative estimate of drug-likeness (QED) is 0.749. The number of carbonyl (C=O) groups excluding carboxylic acids is 1. The number of rotatable bonds is 5. The zero-order chi connectivity index (χ0) is 20.6. The molecule has 0 aromatic carbocycles. The fourth-order valence-corrected chi connectivity index (χ4v) is 5.04. The zero-order valence-corrected chi connectivity index (χ0v) is 17.7. The van der Waals surface area contributed by atoms with Crippen molar-refractivity contribution >= 4 is 5.91 Å². The van der Waals surface area contributed by atoms with Crippen LogP contribution in [0.4, 0.5) is 0 Å². The minimum atomic E-state index is -0.209. The van der Waals surface area contributed by atoms with E-state index in [1.165, 1.54) is 12.8 Å². The molecule has 0 radical (unpaired) electrons. The highest BCUT2D eigenvalue weighted by molar-refractivity contribution is 5.94. The van der Waals surface area contributed by atoms with E-state index in [1.54, 1.807) is 12.4 Å². The lowest BCUT2D eigenvalue weighted by Gasteiger charge is -2.41. The molecule has 160 valence electrons. The summed E-state index contributed by atoms with van der Waals surface area (Å²) in [5.41, 5.74) is 1.45. The Balaban J connectivity index is 1.40. The van der Waals surface area contributed by atoms with Crippen LogP contribution in [-0.2, 0) is 10.2 Å². The van der Waals surface area contributed by atoms with Crippen molar-refractivity contribution in [3.05, 3.63) is 41.3 Å². The molecule has 3 fully saturated rings. The monoisotopic (exact) mass is 410 g/mol. The Morgan fingerprint density at radius 1 is 1.23 bits per heavy atom. The Kier molecular flexibility index (Phi) is 5.31. The Morgan fingerprint density at radius 3 is 2.83 bits per heavy atom. The van der Waals surface area contributed by atoms with Gasteiger partial charge < -0.3 is 14.2 Å². The van der Waals surface area contributed by atoms with Gasteiger partial charge in [0.05, 0.1) is 11.0 Å². The molecule has 2 aromatic heterocycles. The van der Waals surface area contributed by atoms with Crippen molar-refractivity contribution in [1.29, 1.82) is 0 Å². The van der Waals surface area contributed by atoms with Crippen LogP contribution in [0.1, 0.15) is 78.5 Å². The summed E-state index contributed by atoms with van der Waals surface area (Å²) in [4.78, 5) is 24.3. The fourth-order valence-electron chi connectivity index (χ4n) is 5.04. The summed E-state index contributed by atoms with van der Waals surface area (Å²) in [6.45, 7) is 4.90. The third-order valence-electron chi connectivity index (χ3n) is 6.85. The number of likely N-dealkylation sites (tertiary alicyclic amines) is 1. The molecule has 1 unspecified atom stereocenters. The summed E-state index contributed by atoms with van der Waals surface area (Å²) in [7, 11) is 0. The second-order valence-corrected chi connectivity index (χ2v) is 9.35. The Hall–Kier alpha value is -2.28. The molecule has 1 aliphatic carbocycles. The van der Waals surface area contributed by atoms with Crippen molar-refractivity contribution < 1.29 is 14.1 Å². The van der Waals surface area contributed by atoms with Gasteiger partial charge in [-0.05, 0) is 56.6 Å². The zero-order valence-electron chi connectivity index (χ0n) is 17.7. The van der Waals surface area contributed by atoms with Crippen molar-refractivity contribution in [3.63, 3.8) is 0 Å². The Morgan fingerprint density at radius 2 is 2.07 bits per heavy atom. The van der Waals surface area contributed by atoms with E-state index in [1.807, 2.05) is 17.9 Å². The van der Waals surface area contributed by atoms with Crippen LogP contribution in [0.5, 0.6) is 0 Å². The molecular formula is C23H30N4O3. The van der Waals surface area contributed by atoms with Gasteiger partial charge in [0.15, 0.2) is 5.82 Å². The summed E-state index contributed by atoms with van der Waals surface area (Å²) in [6, 6.07) is 1.92. The van der Waals surface area contributed by atoms with Gasteiger partial charge in [0, 0.05) is 44.6 Å². The van der Waals surface area contributed by atoms with Crippen LogP contribution in [0.15, 0.2) is 23.0 Å². The van der Waals surface area contributed by atoms with Crippen LogP contribution in [0, 0.1) is 12.8 Å².